The standard InChI is InChI=1S/C18H14F2N4O/c1-25-15-8-3-2-5-11(15)10-24-18-14(9-21-24)22-17(23-18)16-12(19)6-4-7-13(16)20/h2-9H,10H2,1H3,(H,22,23). The number of rotatable bonds is 4. The topological polar surface area (TPSA) is 55.7 Å². The van der Waals surface area contributed by atoms with Crippen LogP contribution in [-0.4, -0.2) is 26.9 Å². The Kier molecular flexibility index (Phi) is 3.68. The second-order valence-corrected chi connectivity index (χ2v) is 5.53. The van der Waals surface area contributed by atoms with Crippen molar-refractivity contribution in [2.45, 2.75) is 6.54 Å². The summed E-state index contributed by atoms with van der Waals surface area (Å²) in [5, 5.41) is 4.29. The average Bonchev–Trinajstić information content (AvgIpc) is 3.17. The number of nitrogens with one attached hydrogen (secondary N) is 1. The Morgan fingerprint density at radius 2 is 1.84 bits per heavy atom. The van der Waals surface area contributed by atoms with Crippen LogP contribution in [0.2, 0.25) is 0 Å². The van der Waals surface area contributed by atoms with E-state index in [9.17, 15) is 8.78 Å². The summed E-state index contributed by atoms with van der Waals surface area (Å²) < 4.78 is 35.0. The third kappa shape index (κ3) is 2.63. The van der Waals surface area contributed by atoms with Crippen molar-refractivity contribution < 1.29 is 13.5 Å². The van der Waals surface area contributed by atoms with Crippen molar-refractivity contribution in [1.82, 2.24) is 19.7 Å². The lowest BCUT2D eigenvalue weighted by Gasteiger charge is -2.08. The number of para-hydroxylation sites is 1. The molecule has 1 N–H and O–H groups in total. The molecule has 0 aliphatic heterocycles. The van der Waals surface area contributed by atoms with Gasteiger partial charge in [-0.05, 0) is 18.2 Å². The van der Waals surface area contributed by atoms with Gasteiger partial charge in [0.05, 0.1) is 25.4 Å². The van der Waals surface area contributed by atoms with Crippen LogP contribution in [0, 0.1) is 11.6 Å². The van der Waals surface area contributed by atoms with Gasteiger partial charge < -0.3 is 9.72 Å². The molecule has 4 aromatic rings. The number of aromatic nitrogens is 4. The first-order valence-electron chi connectivity index (χ1n) is 7.65. The summed E-state index contributed by atoms with van der Waals surface area (Å²) in [6, 6.07) is 11.3. The Bertz CT molecular complexity index is 1030. The molecule has 2 aromatic carbocycles. The van der Waals surface area contributed by atoms with Gasteiger partial charge in [-0.2, -0.15) is 5.10 Å². The number of hydrogen-bond donors (Lipinski definition) is 1. The highest BCUT2D eigenvalue weighted by Gasteiger charge is 2.17. The SMILES string of the molecule is COc1ccccc1Cn1ncc2[nH]c(-c3c(F)cccc3F)nc21. The Morgan fingerprint density at radius 1 is 1.08 bits per heavy atom. The van der Waals surface area contributed by atoms with E-state index in [1.165, 1.54) is 18.2 Å². The Balaban J connectivity index is 1.77. The van der Waals surface area contributed by atoms with Crippen LogP contribution in [0.25, 0.3) is 22.6 Å². The molecule has 0 aliphatic rings. The van der Waals surface area contributed by atoms with Gasteiger partial charge >= 0.3 is 0 Å². The van der Waals surface area contributed by atoms with E-state index < -0.39 is 11.6 Å². The third-order valence-corrected chi connectivity index (χ3v) is 3.99. The van der Waals surface area contributed by atoms with Gasteiger partial charge in [0.25, 0.3) is 0 Å². The number of H-pyrrole nitrogens is 1. The molecule has 0 bridgehead atoms. The van der Waals surface area contributed by atoms with Gasteiger partial charge in [0.1, 0.15) is 28.7 Å². The molecule has 0 saturated carbocycles. The van der Waals surface area contributed by atoms with Gasteiger partial charge in [0.2, 0.25) is 0 Å². The summed E-state index contributed by atoms with van der Waals surface area (Å²) in [4.78, 5) is 7.26. The lowest BCUT2D eigenvalue weighted by Crippen LogP contribution is -2.03. The molecule has 4 rings (SSSR count). The maximum absolute atomic E-state index is 14.0. The van der Waals surface area contributed by atoms with E-state index in [-0.39, 0.29) is 11.4 Å². The fourth-order valence-corrected chi connectivity index (χ4v) is 2.80. The maximum Gasteiger partial charge on any atom is 0.177 e. The van der Waals surface area contributed by atoms with Crippen LogP contribution in [0.15, 0.2) is 48.7 Å². The molecule has 0 fully saturated rings. The van der Waals surface area contributed by atoms with Gasteiger partial charge in [-0.1, -0.05) is 24.3 Å². The molecule has 0 unspecified atom stereocenters. The van der Waals surface area contributed by atoms with Crippen LogP contribution < -0.4 is 4.74 Å². The molecular formula is C18H14F2N4O. The third-order valence-electron chi connectivity index (χ3n) is 3.99. The lowest BCUT2D eigenvalue weighted by molar-refractivity contribution is 0.407. The molecule has 25 heavy (non-hydrogen) atoms. The smallest absolute Gasteiger partial charge is 0.177 e. The van der Waals surface area contributed by atoms with Crippen LogP contribution >= 0.6 is 0 Å². The van der Waals surface area contributed by atoms with E-state index in [1.807, 2.05) is 24.3 Å². The van der Waals surface area contributed by atoms with Gasteiger partial charge in [0, 0.05) is 5.56 Å². The van der Waals surface area contributed by atoms with Crippen LogP contribution in [0.1, 0.15) is 5.56 Å². The van der Waals surface area contributed by atoms with Crippen molar-refractivity contribution in [3.8, 4) is 17.1 Å². The molecule has 5 nitrogen and oxygen atoms in total. The van der Waals surface area contributed by atoms with Crippen LogP contribution in [-0.2, 0) is 6.54 Å². The van der Waals surface area contributed by atoms with Crippen molar-refractivity contribution >= 4 is 11.2 Å². The van der Waals surface area contributed by atoms with Crippen LogP contribution in [0.3, 0.4) is 0 Å². The van der Waals surface area contributed by atoms with E-state index in [4.69, 9.17) is 4.74 Å². The molecule has 0 saturated heterocycles. The zero-order valence-corrected chi connectivity index (χ0v) is 13.3. The number of imidazole rings is 1. The first-order valence-corrected chi connectivity index (χ1v) is 7.65. The maximum atomic E-state index is 14.0. The number of halogens is 2. The highest BCUT2D eigenvalue weighted by atomic mass is 19.1. The molecule has 0 radical (unpaired) electrons. The Hall–Kier alpha value is -3.22. The number of hydrogen-bond acceptors (Lipinski definition) is 3. The van der Waals surface area contributed by atoms with Gasteiger partial charge in [0.15, 0.2) is 5.65 Å². The summed E-state index contributed by atoms with van der Waals surface area (Å²) in [7, 11) is 1.60. The van der Waals surface area contributed by atoms with Crippen molar-refractivity contribution in [2.75, 3.05) is 7.11 Å². The predicted octanol–water partition coefficient (Wildman–Crippen LogP) is 3.76. The van der Waals surface area contributed by atoms with Crippen molar-refractivity contribution in [3.05, 3.63) is 65.9 Å². The van der Waals surface area contributed by atoms with E-state index in [2.05, 4.69) is 15.1 Å². The summed E-state index contributed by atoms with van der Waals surface area (Å²) in [5.41, 5.74) is 1.87. The van der Waals surface area contributed by atoms with Gasteiger partial charge in [-0.25, -0.2) is 18.4 Å². The molecule has 2 heterocycles. The molecule has 7 heteroatoms. The highest BCUT2D eigenvalue weighted by Crippen LogP contribution is 2.26. The molecule has 0 amide bonds. The normalized spacial score (nSPS) is 11.2. The van der Waals surface area contributed by atoms with E-state index >= 15 is 0 Å². The largest absolute Gasteiger partial charge is 0.496 e. The predicted molar refractivity (Wildman–Crippen MR) is 89.3 cm³/mol. The lowest BCUT2D eigenvalue weighted by atomic mass is 10.2. The molecule has 0 spiro atoms. The van der Waals surface area contributed by atoms with Crippen molar-refractivity contribution in [3.63, 3.8) is 0 Å². The second kappa shape index (κ2) is 6.01. The van der Waals surface area contributed by atoms with Gasteiger partial charge in [-0.3, -0.25) is 0 Å². The fourth-order valence-electron chi connectivity index (χ4n) is 2.80. The number of benzene rings is 2. The average molecular weight is 340 g/mol. The molecule has 126 valence electrons. The Morgan fingerprint density at radius 3 is 2.60 bits per heavy atom. The summed E-state index contributed by atoms with van der Waals surface area (Å²) in [6.07, 6.45) is 1.58. The number of ether oxygens (including phenoxy) is 1. The van der Waals surface area contributed by atoms with Crippen LogP contribution in [0.4, 0.5) is 8.78 Å². The number of nitrogens with zero attached hydrogens (tertiary/aromatic N) is 3. The minimum atomic E-state index is -0.666. The van der Waals surface area contributed by atoms with Crippen LogP contribution in [0.5, 0.6) is 5.75 Å². The second-order valence-electron chi connectivity index (χ2n) is 5.53. The summed E-state index contributed by atoms with van der Waals surface area (Å²) in [6.45, 7) is 0.428. The zero-order chi connectivity index (χ0) is 17.4. The fraction of sp³-hybridized carbons (Fsp3) is 0.111. The minimum Gasteiger partial charge on any atom is -0.496 e. The highest BCUT2D eigenvalue weighted by molar-refractivity contribution is 5.76. The van der Waals surface area contributed by atoms with E-state index in [0.717, 1.165) is 11.3 Å². The van der Waals surface area contributed by atoms with E-state index in [1.54, 1.807) is 18.0 Å². The summed E-state index contributed by atoms with van der Waals surface area (Å²) >= 11 is 0. The monoisotopic (exact) mass is 340 g/mol. The number of fused-ring (bicyclic) bond motifs is 1. The van der Waals surface area contributed by atoms with Crippen molar-refractivity contribution in [2.24, 2.45) is 0 Å². The molecule has 2 aromatic heterocycles. The Labute approximate surface area is 141 Å². The van der Waals surface area contributed by atoms with E-state index in [0.29, 0.717) is 17.7 Å². The molecule has 0 aliphatic carbocycles. The first-order chi connectivity index (χ1) is 12.2. The number of methoxy groups -OCH3 is 1. The summed E-state index contributed by atoms with van der Waals surface area (Å²) in [5.74, 6) is -0.458. The number of aromatic amines is 1. The first kappa shape index (κ1) is 15.3. The van der Waals surface area contributed by atoms with Crippen molar-refractivity contribution in [1.29, 1.82) is 0 Å². The molecular weight excluding hydrogens is 326 g/mol. The zero-order valence-electron chi connectivity index (χ0n) is 13.3. The van der Waals surface area contributed by atoms with Gasteiger partial charge in [-0.15, -0.1) is 0 Å². The minimum absolute atomic E-state index is 0.136. The molecule has 0 atom stereocenters. The quantitative estimate of drug-likeness (QED) is 0.615.